The Hall–Kier alpha value is -10.2. The van der Waals surface area contributed by atoms with Gasteiger partial charge in [-0.05, 0) is 267 Å². The summed E-state index contributed by atoms with van der Waals surface area (Å²) in [6.07, 6.45) is 5.98. The second-order valence-electron chi connectivity index (χ2n) is 23.0. The molecule has 0 heterocycles. The molecule has 2 fully saturated rings. The van der Waals surface area contributed by atoms with Crippen LogP contribution in [0.4, 0.5) is 62.6 Å². The lowest BCUT2D eigenvalue weighted by molar-refractivity contribution is 0.111. The molecule has 11 aromatic carbocycles. The van der Waals surface area contributed by atoms with Crippen molar-refractivity contribution in [1.29, 1.82) is 0 Å². The highest BCUT2D eigenvalue weighted by molar-refractivity contribution is 5.93. The minimum atomic E-state index is 0.350. The third kappa shape index (κ3) is 11.3. The van der Waals surface area contributed by atoms with Gasteiger partial charge in [0, 0.05) is 79.7 Å². The smallest absolute Gasteiger partial charge is 0.150 e. The van der Waals surface area contributed by atoms with Gasteiger partial charge < -0.3 is 29.1 Å². The Bertz CT molecular complexity index is 4020. The van der Waals surface area contributed by atoms with Crippen molar-refractivity contribution in [2.75, 3.05) is 33.8 Å². The number of fused-ring (bicyclic) bond motifs is 1. The number of nitrogens with zero attached hydrogens (tertiary/aromatic N) is 4. The van der Waals surface area contributed by atoms with E-state index in [0.29, 0.717) is 34.9 Å². The molecule has 0 amide bonds. The highest BCUT2D eigenvalue weighted by Gasteiger charge is 2.36. The third-order valence-corrected chi connectivity index (χ3v) is 17.7. The minimum absolute atomic E-state index is 0.350. The molecule has 0 saturated heterocycles. The van der Waals surface area contributed by atoms with Crippen LogP contribution in [0.1, 0.15) is 92.0 Å². The number of anilines is 11. The average Bonchev–Trinajstić information content (AvgIpc) is 1.73. The van der Waals surface area contributed by atoms with Crippen LogP contribution in [0, 0.1) is 13.8 Å². The second kappa shape index (κ2) is 24.2. The summed E-state index contributed by atoms with van der Waals surface area (Å²) < 4.78 is 11.0. The largest absolute Gasteiger partial charge is 0.497 e. The van der Waals surface area contributed by atoms with Crippen LogP contribution in [0.15, 0.2) is 255 Å². The lowest BCUT2D eigenvalue weighted by atomic mass is 9.68. The first-order valence-electron chi connectivity index (χ1n) is 29.7. The van der Waals surface area contributed by atoms with E-state index in [4.69, 9.17) is 9.47 Å². The van der Waals surface area contributed by atoms with Gasteiger partial charge in [-0.3, -0.25) is 9.59 Å². The van der Waals surface area contributed by atoms with Crippen LogP contribution in [0.3, 0.4) is 0 Å². The van der Waals surface area contributed by atoms with Crippen LogP contribution in [-0.4, -0.2) is 32.8 Å². The summed E-state index contributed by atoms with van der Waals surface area (Å²) in [5.74, 6) is 3.09. The van der Waals surface area contributed by atoms with Gasteiger partial charge in [0.15, 0.2) is 0 Å². The molecular formula is C78H68N4O4. The van der Waals surface area contributed by atoms with Crippen LogP contribution in [0.2, 0.25) is 0 Å². The van der Waals surface area contributed by atoms with Gasteiger partial charge in [0.05, 0.1) is 14.2 Å². The molecule has 2 aliphatic carbocycles. The molecule has 0 atom stereocenters. The van der Waals surface area contributed by atoms with Gasteiger partial charge in [-0.1, -0.05) is 83.9 Å². The van der Waals surface area contributed by atoms with Crippen molar-refractivity contribution in [1.82, 2.24) is 0 Å². The number of ether oxygens (including phenoxy) is 2. The Kier molecular flexibility index (Phi) is 15.5. The second-order valence-corrected chi connectivity index (χ2v) is 23.0. The standard InChI is InChI=1S/C78H68N4O4/c1-53-5-21-65(22-6-53)80(70-31-15-58(16-32-70)63-45-62(46-63)57-13-29-69(30-14-57)79(67-25-9-55(51-83)10-26-67)68-27-11-56(52-84)12-28-68)74-35-19-61-48-75(36-20-60(61)47-74)81(66-23-7-54(2)8-24-66)71-33-17-59(18-34-71)64-49-76(50-64)82(72-37-41-77(85-3)42-38-72)73-39-43-78(86-4)44-40-73/h5-44,47-48,51-52,62-64,76H,45-46,49-50H2,1-4H3. The van der Waals surface area contributed by atoms with Gasteiger partial charge in [0.2, 0.25) is 0 Å². The zero-order valence-corrected chi connectivity index (χ0v) is 49.0. The zero-order valence-electron chi connectivity index (χ0n) is 49.0. The SMILES string of the molecule is COc1ccc(N(c2ccc(OC)cc2)C2CC(c3ccc(N(c4ccc(C)cc4)c4ccc5cc(N(c6ccc(C)cc6)c6ccc(C7CC(c8ccc(N(c9ccc(C=O)cc9)c9ccc(C=O)cc9)cc8)C7)cc6)ccc5c4)cc3)C2)cc1. The maximum atomic E-state index is 11.5. The summed E-state index contributed by atoms with van der Waals surface area (Å²) in [6, 6.07) is 91.0. The number of carbonyl (C=O) groups excluding carboxylic acids is 2. The highest BCUT2D eigenvalue weighted by atomic mass is 16.5. The first kappa shape index (κ1) is 55.0. The predicted octanol–water partition coefficient (Wildman–Crippen LogP) is 20.3. The lowest BCUT2D eigenvalue weighted by Gasteiger charge is -2.44. The fourth-order valence-electron chi connectivity index (χ4n) is 12.6. The molecule has 8 nitrogen and oxygen atoms in total. The molecule has 424 valence electrons. The van der Waals surface area contributed by atoms with Crippen LogP contribution in [-0.2, 0) is 0 Å². The molecule has 0 aromatic heterocycles. The number of hydrogen-bond donors (Lipinski definition) is 0. The van der Waals surface area contributed by atoms with E-state index in [9.17, 15) is 9.59 Å². The van der Waals surface area contributed by atoms with Crippen molar-refractivity contribution in [2.24, 2.45) is 0 Å². The minimum Gasteiger partial charge on any atom is -0.497 e. The summed E-state index contributed by atoms with van der Waals surface area (Å²) in [5.41, 5.74) is 19.6. The maximum Gasteiger partial charge on any atom is 0.150 e. The van der Waals surface area contributed by atoms with Crippen molar-refractivity contribution in [3.05, 3.63) is 294 Å². The first-order chi connectivity index (χ1) is 42.2. The average molecular weight is 1130 g/mol. The van der Waals surface area contributed by atoms with Crippen LogP contribution in [0.25, 0.3) is 10.8 Å². The summed E-state index contributed by atoms with van der Waals surface area (Å²) in [7, 11) is 3.42. The molecule has 0 spiro atoms. The Balaban J connectivity index is 0.718. The molecule has 11 aromatic rings. The predicted molar refractivity (Wildman–Crippen MR) is 353 cm³/mol. The van der Waals surface area contributed by atoms with Crippen molar-refractivity contribution in [3.8, 4) is 11.5 Å². The first-order valence-corrected chi connectivity index (χ1v) is 29.7. The topological polar surface area (TPSA) is 65.6 Å². The summed E-state index contributed by atoms with van der Waals surface area (Å²) in [6.45, 7) is 4.28. The molecular weight excluding hydrogens is 1060 g/mol. The normalized spacial score (nSPS) is 16.0. The number of rotatable bonds is 19. The molecule has 0 aliphatic heterocycles. The van der Waals surface area contributed by atoms with Gasteiger partial charge in [0.1, 0.15) is 24.1 Å². The number of benzene rings is 11. The van der Waals surface area contributed by atoms with Gasteiger partial charge in [-0.2, -0.15) is 0 Å². The zero-order chi connectivity index (χ0) is 58.7. The monoisotopic (exact) mass is 1120 g/mol. The van der Waals surface area contributed by atoms with Crippen LogP contribution >= 0.6 is 0 Å². The number of carbonyl (C=O) groups is 2. The van der Waals surface area contributed by atoms with E-state index >= 15 is 0 Å². The molecule has 2 saturated carbocycles. The van der Waals surface area contributed by atoms with Crippen molar-refractivity contribution in [2.45, 2.75) is 63.3 Å². The fourth-order valence-corrected chi connectivity index (χ4v) is 12.6. The van der Waals surface area contributed by atoms with Crippen LogP contribution < -0.4 is 29.1 Å². The van der Waals surface area contributed by atoms with E-state index in [-0.39, 0.29) is 0 Å². The number of hydrogen-bond acceptors (Lipinski definition) is 8. The number of methoxy groups -OCH3 is 2. The Morgan fingerprint density at radius 2 is 0.581 bits per heavy atom. The molecule has 0 radical (unpaired) electrons. The van der Waals surface area contributed by atoms with Crippen molar-refractivity contribution < 1.29 is 19.1 Å². The summed E-state index contributed by atoms with van der Waals surface area (Å²) in [5, 5.41) is 2.33. The Morgan fingerprint density at radius 3 is 0.895 bits per heavy atom. The Morgan fingerprint density at radius 1 is 0.314 bits per heavy atom. The molecule has 13 rings (SSSR count). The fraction of sp³-hybridized carbons (Fsp3) is 0.154. The maximum absolute atomic E-state index is 11.5. The van der Waals surface area contributed by atoms with E-state index in [0.717, 1.165) is 112 Å². The Labute approximate surface area is 504 Å². The van der Waals surface area contributed by atoms with E-state index in [1.165, 1.54) is 38.6 Å². The van der Waals surface area contributed by atoms with Gasteiger partial charge >= 0.3 is 0 Å². The van der Waals surface area contributed by atoms with E-state index in [1.807, 2.05) is 72.8 Å². The van der Waals surface area contributed by atoms with Gasteiger partial charge in [-0.15, -0.1) is 0 Å². The number of aldehydes is 2. The summed E-state index contributed by atoms with van der Waals surface area (Å²) in [4.78, 5) is 32.3. The third-order valence-electron chi connectivity index (χ3n) is 17.7. The lowest BCUT2D eigenvalue weighted by Crippen LogP contribution is -2.41. The molecule has 0 bridgehead atoms. The van der Waals surface area contributed by atoms with Crippen molar-refractivity contribution >= 4 is 85.9 Å². The molecule has 86 heavy (non-hydrogen) atoms. The van der Waals surface area contributed by atoms with Crippen molar-refractivity contribution in [3.63, 3.8) is 0 Å². The van der Waals surface area contributed by atoms with E-state index in [2.05, 4.69) is 215 Å². The van der Waals surface area contributed by atoms with E-state index in [1.54, 1.807) is 14.2 Å². The van der Waals surface area contributed by atoms with Gasteiger partial charge in [-0.25, -0.2) is 0 Å². The van der Waals surface area contributed by atoms with Gasteiger partial charge in [0.25, 0.3) is 0 Å². The quantitative estimate of drug-likeness (QED) is 0.0742. The molecule has 0 unspecified atom stereocenters. The number of aryl methyl sites for hydroxylation is 2. The highest BCUT2D eigenvalue weighted by Crippen LogP contribution is 2.50. The molecule has 8 heteroatoms. The van der Waals surface area contributed by atoms with Crippen LogP contribution in [0.5, 0.6) is 11.5 Å². The molecule has 2 aliphatic rings. The summed E-state index contributed by atoms with van der Waals surface area (Å²) >= 11 is 0. The molecule has 0 N–H and O–H groups in total. The van der Waals surface area contributed by atoms with E-state index < -0.39 is 0 Å².